The first-order valence-corrected chi connectivity index (χ1v) is 11.0. The molecule has 13 heteroatoms. The number of rotatable bonds is 13. The van der Waals surface area contributed by atoms with Crippen molar-refractivity contribution >= 4 is 35.5 Å². The number of aliphatic hydroxyl groups is 1. The summed E-state index contributed by atoms with van der Waals surface area (Å²) in [5.74, 6) is -2.81. The normalized spacial score (nSPS) is 15.8. The smallest absolute Gasteiger partial charge is 0.328 e. The third kappa shape index (κ3) is 8.94. The Morgan fingerprint density at radius 1 is 1.16 bits per heavy atom. The van der Waals surface area contributed by atoms with E-state index in [0.29, 0.717) is 11.4 Å². The second kappa shape index (κ2) is 12.9. The van der Waals surface area contributed by atoms with Crippen LogP contribution in [0.3, 0.4) is 0 Å². The third-order valence-corrected chi connectivity index (χ3v) is 5.02. The van der Waals surface area contributed by atoms with Crippen molar-refractivity contribution in [1.82, 2.24) is 25.9 Å². The van der Waals surface area contributed by atoms with Gasteiger partial charge in [-0.25, -0.2) is 9.78 Å². The van der Waals surface area contributed by atoms with E-state index in [1.807, 2.05) is 6.26 Å². The number of hydrogen-bond acceptors (Lipinski definition) is 8. The van der Waals surface area contributed by atoms with Crippen LogP contribution in [0.2, 0.25) is 0 Å². The number of imidazole rings is 1. The SMILES string of the molecule is CSCCC(NC(=O)C(C)NC(=O)C(N)Cc1cnc[nH]1)C(=O)NC(C(=O)O)C(C)O. The van der Waals surface area contributed by atoms with E-state index in [9.17, 15) is 24.3 Å². The number of aromatic amines is 1. The fourth-order valence-electron chi connectivity index (χ4n) is 2.56. The summed E-state index contributed by atoms with van der Waals surface area (Å²) in [6.45, 7) is 2.67. The number of thioether (sulfide) groups is 1. The number of aliphatic hydroxyl groups excluding tert-OH is 1. The highest BCUT2D eigenvalue weighted by atomic mass is 32.2. The van der Waals surface area contributed by atoms with E-state index >= 15 is 0 Å². The van der Waals surface area contributed by atoms with Gasteiger partial charge in [-0.2, -0.15) is 11.8 Å². The number of aliphatic carboxylic acids is 1. The van der Waals surface area contributed by atoms with Crippen LogP contribution in [0.1, 0.15) is 26.0 Å². The zero-order valence-electron chi connectivity index (χ0n) is 17.6. The van der Waals surface area contributed by atoms with Gasteiger partial charge in [0.2, 0.25) is 17.7 Å². The lowest BCUT2D eigenvalue weighted by Gasteiger charge is -2.24. The van der Waals surface area contributed by atoms with E-state index in [1.54, 1.807) is 0 Å². The Kier molecular flexibility index (Phi) is 11.0. The second-order valence-electron chi connectivity index (χ2n) is 7.03. The number of hydrogen-bond donors (Lipinski definition) is 7. The molecular formula is C18H30N6O6S. The van der Waals surface area contributed by atoms with Crippen LogP contribution in [0.5, 0.6) is 0 Å². The number of amides is 3. The summed E-state index contributed by atoms with van der Waals surface area (Å²) in [6, 6.07) is -4.46. The molecule has 5 atom stereocenters. The number of nitrogens with two attached hydrogens (primary N) is 1. The molecule has 1 heterocycles. The minimum atomic E-state index is -1.52. The lowest BCUT2D eigenvalue weighted by Crippen LogP contribution is -2.57. The summed E-state index contributed by atoms with van der Waals surface area (Å²) in [6.07, 6.45) is 3.92. The Hall–Kier alpha value is -2.64. The summed E-state index contributed by atoms with van der Waals surface area (Å²) >= 11 is 1.44. The quantitative estimate of drug-likeness (QED) is 0.174. The molecule has 8 N–H and O–H groups in total. The van der Waals surface area contributed by atoms with E-state index in [4.69, 9.17) is 10.8 Å². The highest BCUT2D eigenvalue weighted by Gasteiger charge is 2.30. The number of aromatic nitrogens is 2. The molecule has 0 saturated carbocycles. The highest BCUT2D eigenvalue weighted by molar-refractivity contribution is 7.98. The number of carboxylic acids is 1. The predicted octanol–water partition coefficient (Wildman–Crippen LogP) is -2.03. The molecule has 0 fully saturated rings. The molecule has 0 spiro atoms. The average molecular weight is 459 g/mol. The zero-order chi connectivity index (χ0) is 23.6. The van der Waals surface area contributed by atoms with Crippen LogP contribution < -0.4 is 21.7 Å². The van der Waals surface area contributed by atoms with Gasteiger partial charge >= 0.3 is 5.97 Å². The van der Waals surface area contributed by atoms with Gasteiger partial charge in [0.15, 0.2) is 6.04 Å². The number of carboxylic acid groups (broad SMARTS) is 1. The molecule has 0 radical (unpaired) electrons. The van der Waals surface area contributed by atoms with E-state index in [1.165, 1.54) is 38.1 Å². The molecular weight excluding hydrogens is 428 g/mol. The van der Waals surface area contributed by atoms with Gasteiger partial charge in [0.05, 0.1) is 18.5 Å². The average Bonchev–Trinajstić information content (AvgIpc) is 3.21. The van der Waals surface area contributed by atoms with Gasteiger partial charge in [0.1, 0.15) is 12.1 Å². The van der Waals surface area contributed by atoms with E-state index in [2.05, 4.69) is 25.9 Å². The van der Waals surface area contributed by atoms with E-state index in [-0.39, 0.29) is 12.8 Å². The first-order chi connectivity index (χ1) is 14.6. The zero-order valence-corrected chi connectivity index (χ0v) is 18.4. The van der Waals surface area contributed by atoms with Gasteiger partial charge in [-0.1, -0.05) is 0 Å². The van der Waals surface area contributed by atoms with E-state index < -0.39 is 54.0 Å². The Labute approximate surface area is 184 Å². The van der Waals surface area contributed by atoms with Crippen LogP contribution in [0, 0.1) is 0 Å². The Bertz CT molecular complexity index is 744. The highest BCUT2D eigenvalue weighted by Crippen LogP contribution is 2.04. The molecule has 1 aromatic rings. The summed E-state index contributed by atoms with van der Waals surface area (Å²) in [5.41, 5.74) is 6.51. The van der Waals surface area contributed by atoms with Gasteiger partial charge in [0, 0.05) is 18.3 Å². The molecule has 31 heavy (non-hydrogen) atoms. The van der Waals surface area contributed by atoms with Gasteiger partial charge in [-0.15, -0.1) is 0 Å². The molecule has 0 saturated heterocycles. The third-order valence-electron chi connectivity index (χ3n) is 4.37. The van der Waals surface area contributed by atoms with Crippen molar-refractivity contribution < 1.29 is 29.4 Å². The molecule has 3 amide bonds. The van der Waals surface area contributed by atoms with Crippen LogP contribution in [0.25, 0.3) is 0 Å². The van der Waals surface area contributed by atoms with Crippen LogP contribution in [-0.2, 0) is 25.6 Å². The molecule has 0 bridgehead atoms. The largest absolute Gasteiger partial charge is 0.480 e. The number of carbonyl (C=O) groups excluding carboxylic acids is 3. The Morgan fingerprint density at radius 3 is 2.35 bits per heavy atom. The lowest BCUT2D eigenvalue weighted by molar-refractivity contribution is -0.145. The summed E-state index contributed by atoms with van der Waals surface area (Å²) in [7, 11) is 0. The second-order valence-corrected chi connectivity index (χ2v) is 8.01. The van der Waals surface area contributed by atoms with E-state index in [0.717, 1.165) is 0 Å². The van der Waals surface area contributed by atoms with Gasteiger partial charge < -0.3 is 36.9 Å². The van der Waals surface area contributed by atoms with Crippen LogP contribution in [0.15, 0.2) is 12.5 Å². The number of nitrogens with zero attached hydrogens (tertiary/aromatic N) is 1. The predicted molar refractivity (Wildman–Crippen MR) is 114 cm³/mol. The molecule has 0 aromatic carbocycles. The molecule has 12 nitrogen and oxygen atoms in total. The first-order valence-electron chi connectivity index (χ1n) is 9.60. The molecule has 1 aromatic heterocycles. The number of carbonyl (C=O) groups is 4. The minimum Gasteiger partial charge on any atom is -0.480 e. The topological polar surface area (TPSA) is 200 Å². The fourth-order valence-corrected chi connectivity index (χ4v) is 3.03. The fraction of sp³-hybridized carbons (Fsp3) is 0.611. The monoisotopic (exact) mass is 458 g/mol. The number of nitrogens with one attached hydrogen (secondary N) is 4. The maximum Gasteiger partial charge on any atom is 0.328 e. The van der Waals surface area contributed by atoms with Crippen LogP contribution >= 0.6 is 11.8 Å². The Morgan fingerprint density at radius 2 is 1.84 bits per heavy atom. The van der Waals surface area contributed by atoms with Crippen molar-refractivity contribution in [3.05, 3.63) is 18.2 Å². The molecule has 1 rings (SSSR count). The van der Waals surface area contributed by atoms with Gasteiger partial charge in [-0.3, -0.25) is 14.4 Å². The van der Waals surface area contributed by atoms with Gasteiger partial charge in [0.25, 0.3) is 0 Å². The summed E-state index contributed by atoms with van der Waals surface area (Å²) in [5, 5.41) is 25.9. The maximum atomic E-state index is 12.5. The van der Waals surface area contributed by atoms with Gasteiger partial charge in [-0.05, 0) is 32.3 Å². The Balaban J connectivity index is 2.70. The molecule has 174 valence electrons. The van der Waals surface area contributed by atoms with Crippen molar-refractivity contribution in [3.8, 4) is 0 Å². The maximum absolute atomic E-state index is 12.5. The number of H-pyrrole nitrogens is 1. The van der Waals surface area contributed by atoms with Crippen LogP contribution in [-0.4, -0.2) is 86.2 Å². The lowest BCUT2D eigenvalue weighted by atomic mass is 10.1. The summed E-state index contributed by atoms with van der Waals surface area (Å²) < 4.78 is 0. The first kappa shape index (κ1) is 26.4. The van der Waals surface area contributed by atoms with Crippen molar-refractivity contribution in [2.24, 2.45) is 5.73 Å². The van der Waals surface area contributed by atoms with Crippen molar-refractivity contribution in [2.75, 3.05) is 12.0 Å². The van der Waals surface area contributed by atoms with Crippen molar-refractivity contribution in [3.63, 3.8) is 0 Å². The summed E-state index contributed by atoms with van der Waals surface area (Å²) in [4.78, 5) is 55.2. The molecule has 5 unspecified atom stereocenters. The van der Waals surface area contributed by atoms with Crippen molar-refractivity contribution in [2.45, 2.75) is 57.0 Å². The molecule has 0 aliphatic rings. The molecule has 0 aliphatic carbocycles. The van der Waals surface area contributed by atoms with Crippen LogP contribution in [0.4, 0.5) is 0 Å². The minimum absolute atomic E-state index is 0.203. The van der Waals surface area contributed by atoms with Crippen molar-refractivity contribution in [1.29, 1.82) is 0 Å². The molecule has 0 aliphatic heterocycles. The standard InChI is InChI=1S/C18H30N6O6S/c1-9(22-16(27)12(19)6-11-7-20-8-21-11)15(26)23-13(4-5-31-3)17(28)24-14(10(2)25)18(29)30/h7-10,12-14,25H,4-6,19H2,1-3H3,(H,20,21)(H,22,27)(H,23,26)(H,24,28)(H,29,30).